The van der Waals surface area contributed by atoms with Crippen molar-refractivity contribution in [2.45, 2.75) is 46.6 Å². The van der Waals surface area contributed by atoms with Gasteiger partial charge in [-0.25, -0.2) is 0 Å². The molecule has 7 nitrogen and oxygen atoms in total. The second-order valence-electron chi connectivity index (χ2n) is 4.10. The normalized spacial score (nSPS) is 17.3. The van der Waals surface area contributed by atoms with E-state index in [1.165, 1.54) is 25.5 Å². The first kappa shape index (κ1) is 23.7. The Bertz CT molecular complexity index is 496. The number of amides is 3. The minimum absolute atomic E-state index is 0.0806. The van der Waals surface area contributed by atoms with Gasteiger partial charge in [0.1, 0.15) is 6.04 Å². The van der Waals surface area contributed by atoms with Crippen molar-refractivity contribution >= 4 is 17.7 Å². The van der Waals surface area contributed by atoms with Crippen molar-refractivity contribution in [2.24, 2.45) is 5.73 Å². The molecule has 1 aliphatic rings. The Labute approximate surface area is 144 Å². The lowest BCUT2D eigenvalue weighted by Gasteiger charge is -2.22. The summed E-state index contributed by atoms with van der Waals surface area (Å²) in [5.74, 6) is -1.44. The monoisotopic (exact) mass is 339 g/mol. The number of hydrogen-bond acceptors (Lipinski definition) is 5. The maximum atomic E-state index is 12.1. The summed E-state index contributed by atoms with van der Waals surface area (Å²) in [5.41, 5.74) is 5.94. The lowest BCUT2D eigenvalue weighted by molar-refractivity contribution is -0.136. The van der Waals surface area contributed by atoms with Crippen molar-refractivity contribution < 1.29 is 19.1 Å². The molecule has 0 aromatic heterocycles. The van der Waals surface area contributed by atoms with Crippen molar-refractivity contribution in [1.82, 2.24) is 10.6 Å². The van der Waals surface area contributed by atoms with E-state index in [1.54, 1.807) is 0 Å². The topological polar surface area (TPSA) is 111 Å². The number of rotatable bonds is 5. The van der Waals surface area contributed by atoms with Crippen LogP contribution >= 0.6 is 0 Å². The van der Waals surface area contributed by atoms with Gasteiger partial charge in [0.15, 0.2) is 0 Å². The molecule has 0 bridgehead atoms. The summed E-state index contributed by atoms with van der Waals surface area (Å²) in [5, 5.41) is 4.66. The largest absolute Gasteiger partial charge is 0.503 e. The van der Waals surface area contributed by atoms with Crippen LogP contribution in [-0.2, 0) is 19.1 Å². The van der Waals surface area contributed by atoms with E-state index in [9.17, 15) is 14.4 Å². The second kappa shape index (κ2) is 14.0. The summed E-state index contributed by atoms with van der Waals surface area (Å²) in [6, 6.07) is -0.767. The third kappa shape index (κ3) is 8.17. The fourth-order valence-electron chi connectivity index (χ4n) is 1.65. The summed E-state index contributed by atoms with van der Waals surface area (Å²) in [6.07, 6.45) is 4.48. The molecule has 1 rings (SSSR count). The Morgan fingerprint density at radius 1 is 1.33 bits per heavy atom. The van der Waals surface area contributed by atoms with E-state index in [-0.39, 0.29) is 30.0 Å². The van der Waals surface area contributed by atoms with E-state index < -0.39 is 17.9 Å². The van der Waals surface area contributed by atoms with Crippen molar-refractivity contribution in [3.05, 3.63) is 36.3 Å². The minimum Gasteiger partial charge on any atom is -0.503 e. The maximum Gasteiger partial charge on any atom is 0.257 e. The highest BCUT2D eigenvalue weighted by Gasteiger charge is 2.29. The van der Waals surface area contributed by atoms with Crippen LogP contribution in [0.15, 0.2) is 36.3 Å². The second-order valence-corrected chi connectivity index (χ2v) is 4.10. The number of nitrogens with two attached hydrogens (primary N) is 1. The number of nitrogens with one attached hydrogen (secondary N) is 2. The van der Waals surface area contributed by atoms with Crippen LogP contribution in [0.1, 0.15) is 40.5 Å². The first-order valence-corrected chi connectivity index (χ1v) is 7.95. The van der Waals surface area contributed by atoms with E-state index >= 15 is 0 Å². The van der Waals surface area contributed by atoms with Crippen LogP contribution in [0.4, 0.5) is 0 Å². The van der Waals surface area contributed by atoms with Crippen molar-refractivity contribution in [3.63, 3.8) is 0 Å². The molecule has 1 unspecified atom stereocenters. The number of carbonyl (C=O) groups is 3. The summed E-state index contributed by atoms with van der Waals surface area (Å²) in [4.78, 5) is 34.6. The van der Waals surface area contributed by atoms with Gasteiger partial charge in [-0.2, -0.15) is 0 Å². The molecule has 136 valence electrons. The van der Waals surface area contributed by atoms with E-state index in [1.807, 2.05) is 27.7 Å². The Kier molecular flexibility index (Phi) is 13.9. The Morgan fingerprint density at radius 2 is 1.92 bits per heavy atom. The van der Waals surface area contributed by atoms with Crippen LogP contribution in [0.25, 0.3) is 0 Å². The lowest BCUT2D eigenvalue weighted by atomic mass is 10.1. The molecule has 1 aliphatic heterocycles. The molecule has 0 saturated carbocycles. The van der Waals surface area contributed by atoms with Gasteiger partial charge in [0, 0.05) is 12.1 Å². The number of methoxy groups -OCH3 is 1. The minimum atomic E-state index is -0.767. The van der Waals surface area contributed by atoms with E-state index in [0.29, 0.717) is 0 Å². The quantitative estimate of drug-likeness (QED) is 0.304. The number of piperidine rings is 1. The molecule has 1 heterocycles. The molecular weight excluding hydrogens is 310 g/mol. The van der Waals surface area contributed by atoms with Gasteiger partial charge in [-0.3, -0.25) is 19.7 Å². The van der Waals surface area contributed by atoms with Gasteiger partial charge in [-0.15, -0.1) is 0 Å². The average Bonchev–Trinajstić information content (AvgIpc) is 2.59. The SMILES string of the molecule is C=C/C=C(N)\C(=C/OC)C(=O)NC1CCC(=O)NC1=O.CC.CC. The van der Waals surface area contributed by atoms with Crippen molar-refractivity contribution in [1.29, 1.82) is 0 Å². The number of allylic oxidation sites excluding steroid dienone is 2. The zero-order valence-electron chi connectivity index (χ0n) is 15.1. The molecule has 7 heteroatoms. The lowest BCUT2D eigenvalue weighted by Crippen LogP contribution is -2.52. The van der Waals surface area contributed by atoms with E-state index in [0.717, 1.165) is 0 Å². The molecule has 3 amide bonds. The van der Waals surface area contributed by atoms with Gasteiger partial charge in [0.05, 0.1) is 18.9 Å². The Balaban J connectivity index is 0. The van der Waals surface area contributed by atoms with Gasteiger partial charge in [-0.1, -0.05) is 40.3 Å². The standard InChI is InChI=1S/C13H17N3O4.2C2H6/c1-3-4-9(14)8(7-20-2)12(18)15-10-5-6-11(17)16-13(10)19;2*1-2/h3-4,7,10H,1,5-6,14H2,2H3,(H,15,18)(H,16,17,19);2*1-2H3/b8-7+,9-4+;;. The first-order valence-electron chi connectivity index (χ1n) is 7.95. The molecule has 1 atom stereocenters. The molecule has 0 aromatic carbocycles. The summed E-state index contributed by atoms with van der Waals surface area (Å²) < 4.78 is 4.79. The van der Waals surface area contributed by atoms with E-state index in [4.69, 9.17) is 10.5 Å². The number of hydrogen-bond donors (Lipinski definition) is 3. The molecular formula is C17H29N3O4. The highest BCUT2D eigenvalue weighted by molar-refractivity contribution is 6.04. The third-order valence-corrected chi connectivity index (χ3v) is 2.63. The van der Waals surface area contributed by atoms with Gasteiger partial charge in [-0.05, 0) is 12.5 Å². The first-order chi connectivity index (χ1) is 11.5. The molecule has 0 spiro atoms. The Hall–Kier alpha value is -2.57. The molecule has 0 aromatic rings. The van der Waals surface area contributed by atoms with Crippen molar-refractivity contribution in [2.75, 3.05) is 7.11 Å². The van der Waals surface area contributed by atoms with Crippen LogP contribution < -0.4 is 16.4 Å². The molecule has 0 radical (unpaired) electrons. The molecule has 24 heavy (non-hydrogen) atoms. The highest BCUT2D eigenvalue weighted by atomic mass is 16.5. The van der Waals surface area contributed by atoms with Gasteiger partial charge in [0.2, 0.25) is 11.8 Å². The highest BCUT2D eigenvalue weighted by Crippen LogP contribution is 2.09. The van der Waals surface area contributed by atoms with Crippen LogP contribution in [0.2, 0.25) is 0 Å². The fraction of sp³-hybridized carbons (Fsp3) is 0.471. The Morgan fingerprint density at radius 3 is 2.38 bits per heavy atom. The summed E-state index contributed by atoms with van der Waals surface area (Å²) in [7, 11) is 1.38. The smallest absolute Gasteiger partial charge is 0.257 e. The predicted molar refractivity (Wildman–Crippen MR) is 94.6 cm³/mol. The third-order valence-electron chi connectivity index (χ3n) is 2.63. The maximum absolute atomic E-state index is 12.1. The summed E-state index contributed by atoms with van der Waals surface area (Å²) >= 11 is 0. The van der Waals surface area contributed by atoms with Crippen LogP contribution in [-0.4, -0.2) is 30.9 Å². The van der Waals surface area contributed by atoms with E-state index in [2.05, 4.69) is 17.2 Å². The van der Waals surface area contributed by atoms with Gasteiger partial charge < -0.3 is 15.8 Å². The number of imide groups is 1. The summed E-state index contributed by atoms with van der Waals surface area (Å²) in [6.45, 7) is 11.5. The predicted octanol–water partition coefficient (Wildman–Crippen LogP) is 1.52. The van der Waals surface area contributed by atoms with Crippen molar-refractivity contribution in [3.8, 4) is 0 Å². The number of carbonyl (C=O) groups excluding carboxylic acids is 3. The van der Waals surface area contributed by atoms with Gasteiger partial charge >= 0.3 is 0 Å². The average molecular weight is 339 g/mol. The zero-order chi connectivity index (χ0) is 19.1. The molecule has 0 aliphatic carbocycles. The van der Waals surface area contributed by atoms with Gasteiger partial charge in [0.25, 0.3) is 5.91 Å². The zero-order valence-corrected chi connectivity index (χ0v) is 15.1. The van der Waals surface area contributed by atoms with Crippen LogP contribution in [0.3, 0.4) is 0 Å². The van der Waals surface area contributed by atoms with Crippen LogP contribution in [0, 0.1) is 0 Å². The molecule has 4 N–H and O–H groups in total. The number of ether oxygens (including phenoxy) is 1. The molecule has 1 fully saturated rings. The van der Waals surface area contributed by atoms with Crippen LogP contribution in [0.5, 0.6) is 0 Å². The molecule has 1 saturated heterocycles. The fourth-order valence-corrected chi connectivity index (χ4v) is 1.65.